The molecule has 0 fully saturated rings. The van der Waals surface area contributed by atoms with E-state index in [1.54, 1.807) is 6.92 Å². The number of rotatable bonds is 1. The van der Waals surface area contributed by atoms with Crippen LogP contribution in [0.4, 0.5) is 0 Å². The van der Waals surface area contributed by atoms with Crippen LogP contribution in [-0.4, -0.2) is 5.78 Å². The van der Waals surface area contributed by atoms with Crippen molar-refractivity contribution in [2.24, 2.45) is 7.05 Å². The molecule has 0 atom stereocenters. The second-order valence-corrected chi connectivity index (χ2v) is 3.42. The SMILES string of the molecule is CC(=O)c1c2ccccc2cc[n+]1C. The van der Waals surface area contributed by atoms with Crippen molar-refractivity contribution in [3.63, 3.8) is 0 Å². The predicted octanol–water partition coefficient (Wildman–Crippen LogP) is 1.87. The lowest BCUT2D eigenvalue weighted by atomic mass is 10.1. The normalized spacial score (nSPS) is 10.4. The third kappa shape index (κ3) is 1.29. The molecule has 0 spiro atoms. The van der Waals surface area contributed by atoms with E-state index in [2.05, 4.69) is 0 Å². The molecular weight excluding hydrogens is 174 g/mol. The van der Waals surface area contributed by atoms with Crippen molar-refractivity contribution in [1.82, 2.24) is 0 Å². The van der Waals surface area contributed by atoms with Gasteiger partial charge in [-0.3, -0.25) is 4.79 Å². The first kappa shape index (κ1) is 8.88. The summed E-state index contributed by atoms with van der Waals surface area (Å²) < 4.78 is 1.87. The smallest absolute Gasteiger partial charge is 0.255 e. The van der Waals surface area contributed by atoms with Gasteiger partial charge in [-0.25, -0.2) is 0 Å². The van der Waals surface area contributed by atoms with Crippen molar-refractivity contribution >= 4 is 16.6 Å². The molecule has 2 rings (SSSR count). The Morgan fingerprint density at radius 2 is 1.93 bits per heavy atom. The Hall–Kier alpha value is -1.70. The Balaban J connectivity index is 2.90. The van der Waals surface area contributed by atoms with Crippen LogP contribution in [0, 0.1) is 0 Å². The molecule has 2 nitrogen and oxygen atoms in total. The summed E-state index contributed by atoms with van der Waals surface area (Å²) in [5, 5.41) is 2.13. The zero-order chi connectivity index (χ0) is 10.1. The summed E-state index contributed by atoms with van der Waals surface area (Å²) in [4.78, 5) is 11.5. The maximum atomic E-state index is 11.5. The molecule has 0 aliphatic rings. The topological polar surface area (TPSA) is 20.9 Å². The van der Waals surface area contributed by atoms with Crippen LogP contribution in [0.15, 0.2) is 36.5 Å². The molecule has 1 heterocycles. The standard InChI is InChI=1S/C12H12NO/c1-9(14)12-11-6-4-3-5-10(11)7-8-13(12)2/h3-8H,1-2H3/q+1. The number of pyridine rings is 1. The fourth-order valence-corrected chi connectivity index (χ4v) is 1.75. The van der Waals surface area contributed by atoms with Crippen LogP contribution in [0.2, 0.25) is 0 Å². The first-order valence-electron chi connectivity index (χ1n) is 4.58. The molecule has 0 amide bonds. The van der Waals surface area contributed by atoms with Gasteiger partial charge in [0.15, 0.2) is 6.20 Å². The molecule has 2 heteroatoms. The highest BCUT2D eigenvalue weighted by molar-refractivity contribution is 6.03. The molecule has 2 aromatic rings. The van der Waals surface area contributed by atoms with Crippen molar-refractivity contribution in [2.75, 3.05) is 0 Å². The third-order valence-corrected chi connectivity index (χ3v) is 2.38. The minimum absolute atomic E-state index is 0.101. The number of aromatic nitrogens is 1. The van der Waals surface area contributed by atoms with Crippen molar-refractivity contribution in [3.05, 3.63) is 42.2 Å². The Bertz CT molecular complexity index is 503. The van der Waals surface area contributed by atoms with E-state index in [0.717, 1.165) is 16.5 Å². The van der Waals surface area contributed by atoms with E-state index in [-0.39, 0.29) is 5.78 Å². The van der Waals surface area contributed by atoms with Crippen LogP contribution in [0.5, 0.6) is 0 Å². The summed E-state index contributed by atoms with van der Waals surface area (Å²) in [5.41, 5.74) is 0.767. The number of fused-ring (bicyclic) bond motifs is 1. The lowest BCUT2D eigenvalue weighted by Gasteiger charge is -2.00. The van der Waals surface area contributed by atoms with Gasteiger partial charge in [0, 0.05) is 13.0 Å². The summed E-state index contributed by atoms with van der Waals surface area (Å²) >= 11 is 0. The largest absolute Gasteiger partial charge is 0.288 e. The predicted molar refractivity (Wildman–Crippen MR) is 55.1 cm³/mol. The lowest BCUT2D eigenvalue weighted by molar-refractivity contribution is -0.672. The van der Waals surface area contributed by atoms with E-state index in [0.29, 0.717) is 0 Å². The van der Waals surface area contributed by atoms with Crippen LogP contribution in [0.1, 0.15) is 17.4 Å². The number of ketones is 1. The molecule has 14 heavy (non-hydrogen) atoms. The van der Waals surface area contributed by atoms with Crippen LogP contribution in [0.25, 0.3) is 10.8 Å². The summed E-state index contributed by atoms with van der Waals surface area (Å²) in [7, 11) is 1.89. The minimum Gasteiger partial charge on any atom is -0.288 e. The number of benzene rings is 1. The monoisotopic (exact) mass is 186 g/mol. The first-order chi connectivity index (χ1) is 6.70. The summed E-state index contributed by atoms with van der Waals surface area (Å²) in [6.45, 7) is 1.60. The Kier molecular flexibility index (Phi) is 2.04. The number of carbonyl (C=O) groups excluding carboxylic acids is 1. The molecule has 0 aliphatic carbocycles. The van der Waals surface area contributed by atoms with Crippen LogP contribution in [0.3, 0.4) is 0 Å². The first-order valence-corrected chi connectivity index (χ1v) is 4.58. The molecule has 0 unspecified atom stereocenters. The molecule has 0 bridgehead atoms. The zero-order valence-electron chi connectivity index (χ0n) is 8.32. The van der Waals surface area contributed by atoms with E-state index < -0.39 is 0 Å². The van der Waals surface area contributed by atoms with Crippen LogP contribution >= 0.6 is 0 Å². The average molecular weight is 186 g/mol. The van der Waals surface area contributed by atoms with Gasteiger partial charge in [0.25, 0.3) is 5.69 Å². The molecule has 70 valence electrons. The van der Waals surface area contributed by atoms with E-state index in [1.807, 2.05) is 48.1 Å². The zero-order valence-corrected chi connectivity index (χ0v) is 8.32. The number of aryl methyl sites for hydroxylation is 1. The maximum absolute atomic E-state index is 11.5. The minimum atomic E-state index is 0.101. The molecular formula is C12H12NO+. The highest BCUT2D eigenvalue weighted by atomic mass is 16.1. The quantitative estimate of drug-likeness (QED) is 0.492. The second-order valence-electron chi connectivity index (χ2n) is 3.42. The fourth-order valence-electron chi connectivity index (χ4n) is 1.75. The Labute approximate surface area is 82.8 Å². The van der Waals surface area contributed by atoms with Crippen molar-refractivity contribution < 1.29 is 9.36 Å². The van der Waals surface area contributed by atoms with Gasteiger partial charge in [0.05, 0.1) is 5.39 Å². The second kappa shape index (κ2) is 3.22. The van der Waals surface area contributed by atoms with Crippen molar-refractivity contribution in [1.29, 1.82) is 0 Å². The van der Waals surface area contributed by atoms with Gasteiger partial charge in [-0.2, -0.15) is 4.57 Å². The van der Waals surface area contributed by atoms with Crippen molar-refractivity contribution in [3.8, 4) is 0 Å². The molecule has 0 aliphatic heterocycles. The highest BCUT2D eigenvalue weighted by Crippen LogP contribution is 2.15. The highest BCUT2D eigenvalue weighted by Gasteiger charge is 2.15. The van der Waals surface area contributed by atoms with Gasteiger partial charge < -0.3 is 0 Å². The van der Waals surface area contributed by atoms with Gasteiger partial charge in [-0.05, 0) is 11.5 Å². The number of nitrogens with zero attached hydrogens (tertiary/aromatic N) is 1. The fraction of sp³-hybridized carbons (Fsp3) is 0.167. The van der Waals surface area contributed by atoms with E-state index in [9.17, 15) is 4.79 Å². The molecule has 0 radical (unpaired) electrons. The number of Topliss-reactive ketones (excluding diaryl/α,β-unsaturated/α-hetero) is 1. The van der Waals surface area contributed by atoms with Gasteiger partial charge in [0.1, 0.15) is 7.05 Å². The summed E-state index contributed by atoms with van der Waals surface area (Å²) in [5.74, 6) is 0.101. The van der Waals surface area contributed by atoms with Gasteiger partial charge in [-0.1, -0.05) is 18.2 Å². The van der Waals surface area contributed by atoms with E-state index in [1.165, 1.54) is 0 Å². The number of hydrogen-bond acceptors (Lipinski definition) is 1. The summed E-state index contributed by atoms with van der Waals surface area (Å²) in [6.07, 6.45) is 1.92. The average Bonchev–Trinajstić information content (AvgIpc) is 2.17. The Morgan fingerprint density at radius 1 is 1.21 bits per heavy atom. The summed E-state index contributed by atoms with van der Waals surface area (Å²) in [6, 6.07) is 9.94. The lowest BCUT2D eigenvalue weighted by Crippen LogP contribution is -2.35. The molecule has 1 aromatic heterocycles. The van der Waals surface area contributed by atoms with Gasteiger partial charge in [-0.15, -0.1) is 0 Å². The Morgan fingerprint density at radius 3 is 2.64 bits per heavy atom. The van der Waals surface area contributed by atoms with Crippen LogP contribution < -0.4 is 4.57 Å². The van der Waals surface area contributed by atoms with Gasteiger partial charge in [0.2, 0.25) is 5.78 Å². The third-order valence-electron chi connectivity index (χ3n) is 2.38. The molecule has 0 saturated carbocycles. The van der Waals surface area contributed by atoms with Gasteiger partial charge >= 0.3 is 0 Å². The number of hydrogen-bond donors (Lipinski definition) is 0. The van der Waals surface area contributed by atoms with E-state index >= 15 is 0 Å². The molecule has 0 N–H and O–H groups in total. The van der Waals surface area contributed by atoms with Crippen molar-refractivity contribution in [2.45, 2.75) is 6.92 Å². The van der Waals surface area contributed by atoms with Crippen LogP contribution in [-0.2, 0) is 7.05 Å². The maximum Gasteiger partial charge on any atom is 0.255 e. The van der Waals surface area contributed by atoms with E-state index in [4.69, 9.17) is 0 Å². The molecule has 1 aromatic carbocycles. The number of carbonyl (C=O) groups is 1. The molecule has 0 saturated heterocycles.